The largest absolute Gasteiger partial charge is 0.423 e. The highest BCUT2D eigenvalue weighted by Gasteiger charge is 2.12. The van der Waals surface area contributed by atoms with Gasteiger partial charge >= 0.3 is 5.97 Å². The van der Waals surface area contributed by atoms with E-state index >= 15 is 0 Å². The molecule has 94 valence electrons. The van der Waals surface area contributed by atoms with E-state index in [0.29, 0.717) is 5.75 Å². The topological polar surface area (TPSA) is 31.2 Å². The van der Waals surface area contributed by atoms with Crippen LogP contribution in [0.2, 0.25) is 0 Å². The van der Waals surface area contributed by atoms with Crippen molar-refractivity contribution in [2.24, 2.45) is 0 Å². The SMILES string of the molecule is Cc1ccc(C)n1-c1ccccc1OC(=O)CCl. The normalized spacial score (nSPS) is 10.4. The van der Waals surface area contributed by atoms with Gasteiger partial charge < -0.3 is 9.30 Å². The molecule has 1 aromatic heterocycles. The second-order valence-corrected chi connectivity index (χ2v) is 4.29. The third-order valence-electron chi connectivity index (χ3n) is 2.71. The van der Waals surface area contributed by atoms with Gasteiger partial charge in [0.05, 0.1) is 5.69 Å². The summed E-state index contributed by atoms with van der Waals surface area (Å²) < 4.78 is 7.28. The molecule has 0 saturated heterocycles. The highest BCUT2D eigenvalue weighted by atomic mass is 35.5. The van der Waals surface area contributed by atoms with Gasteiger partial charge in [-0.15, -0.1) is 11.6 Å². The molecule has 1 aromatic carbocycles. The molecular weight excluding hydrogens is 250 g/mol. The fraction of sp³-hybridized carbons (Fsp3) is 0.214. The molecule has 0 aliphatic rings. The van der Waals surface area contributed by atoms with E-state index < -0.39 is 5.97 Å². The minimum atomic E-state index is -0.452. The highest BCUT2D eigenvalue weighted by molar-refractivity contribution is 6.26. The maximum absolute atomic E-state index is 11.3. The van der Waals surface area contributed by atoms with Crippen molar-refractivity contribution in [3.8, 4) is 11.4 Å². The second kappa shape index (κ2) is 5.27. The Kier molecular flexibility index (Phi) is 3.72. The number of ether oxygens (including phenoxy) is 1. The summed E-state index contributed by atoms with van der Waals surface area (Å²) in [7, 11) is 0. The summed E-state index contributed by atoms with van der Waals surface area (Å²) >= 11 is 5.46. The fourth-order valence-electron chi connectivity index (χ4n) is 1.93. The van der Waals surface area contributed by atoms with Gasteiger partial charge in [0.15, 0.2) is 5.75 Å². The number of carbonyl (C=O) groups excluding carboxylic acids is 1. The van der Waals surface area contributed by atoms with Gasteiger partial charge in [0.25, 0.3) is 0 Å². The van der Waals surface area contributed by atoms with E-state index in [-0.39, 0.29) is 5.88 Å². The number of rotatable bonds is 3. The Balaban J connectivity index is 2.48. The zero-order chi connectivity index (χ0) is 13.1. The molecular formula is C14H14ClNO2. The van der Waals surface area contributed by atoms with E-state index in [1.54, 1.807) is 6.07 Å². The summed E-state index contributed by atoms with van der Waals surface area (Å²) in [5.74, 6) is -0.0880. The molecule has 2 rings (SSSR count). The van der Waals surface area contributed by atoms with Crippen molar-refractivity contribution in [1.29, 1.82) is 0 Å². The molecule has 0 saturated carbocycles. The molecule has 0 aliphatic carbocycles. The summed E-state index contributed by atoms with van der Waals surface area (Å²) in [6, 6.07) is 11.5. The van der Waals surface area contributed by atoms with E-state index in [2.05, 4.69) is 0 Å². The number of alkyl halides is 1. The van der Waals surface area contributed by atoms with Crippen LogP contribution in [0.15, 0.2) is 36.4 Å². The molecule has 1 heterocycles. The second-order valence-electron chi connectivity index (χ2n) is 4.03. The molecule has 0 N–H and O–H groups in total. The lowest BCUT2D eigenvalue weighted by Crippen LogP contribution is -2.11. The van der Waals surface area contributed by atoms with Crippen LogP contribution < -0.4 is 4.74 Å². The Hall–Kier alpha value is -1.74. The first-order chi connectivity index (χ1) is 8.63. The molecule has 0 fully saturated rings. The van der Waals surface area contributed by atoms with Crippen molar-refractivity contribution in [1.82, 2.24) is 4.57 Å². The number of aryl methyl sites for hydroxylation is 2. The molecule has 0 spiro atoms. The zero-order valence-corrected chi connectivity index (χ0v) is 11.1. The van der Waals surface area contributed by atoms with E-state index in [1.165, 1.54) is 0 Å². The third kappa shape index (κ3) is 2.41. The molecule has 0 atom stereocenters. The summed E-state index contributed by atoms with van der Waals surface area (Å²) in [5, 5.41) is 0. The maximum Gasteiger partial charge on any atom is 0.326 e. The Morgan fingerprint density at radius 2 is 1.78 bits per heavy atom. The van der Waals surface area contributed by atoms with Gasteiger partial charge in [-0.1, -0.05) is 12.1 Å². The minimum Gasteiger partial charge on any atom is -0.423 e. The first-order valence-corrected chi connectivity index (χ1v) is 6.18. The molecule has 18 heavy (non-hydrogen) atoms. The van der Waals surface area contributed by atoms with Gasteiger partial charge in [-0.2, -0.15) is 0 Å². The van der Waals surface area contributed by atoms with Crippen LogP contribution in [-0.4, -0.2) is 16.4 Å². The predicted octanol–water partition coefficient (Wildman–Crippen LogP) is 3.24. The van der Waals surface area contributed by atoms with Crippen LogP contribution >= 0.6 is 11.6 Å². The molecule has 0 amide bonds. The number of nitrogens with zero attached hydrogens (tertiary/aromatic N) is 1. The Morgan fingerprint density at radius 3 is 2.39 bits per heavy atom. The number of halogens is 1. The first-order valence-electron chi connectivity index (χ1n) is 5.64. The van der Waals surface area contributed by atoms with E-state index in [0.717, 1.165) is 17.1 Å². The van der Waals surface area contributed by atoms with Crippen molar-refractivity contribution in [3.05, 3.63) is 47.8 Å². The zero-order valence-electron chi connectivity index (χ0n) is 10.3. The molecule has 4 heteroatoms. The van der Waals surface area contributed by atoms with Crippen LogP contribution in [-0.2, 0) is 4.79 Å². The van der Waals surface area contributed by atoms with Crippen molar-refractivity contribution in [2.45, 2.75) is 13.8 Å². The summed E-state index contributed by atoms with van der Waals surface area (Å²) in [6.45, 7) is 4.01. The predicted molar refractivity (Wildman–Crippen MR) is 71.6 cm³/mol. The summed E-state index contributed by atoms with van der Waals surface area (Å²) in [5.41, 5.74) is 3.01. The van der Waals surface area contributed by atoms with Crippen LogP contribution in [0.25, 0.3) is 5.69 Å². The summed E-state index contributed by atoms with van der Waals surface area (Å²) in [4.78, 5) is 11.3. The molecule has 3 nitrogen and oxygen atoms in total. The van der Waals surface area contributed by atoms with Crippen molar-refractivity contribution >= 4 is 17.6 Å². The summed E-state index contributed by atoms with van der Waals surface area (Å²) in [6.07, 6.45) is 0. The lowest BCUT2D eigenvalue weighted by Gasteiger charge is -2.13. The smallest absolute Gasteiger partial charge is 0.326 e. The van der Waals surface area contributed by atoms with Gasteiger partial charge in [-0.3, -0.25) is 4.79 Å². The van der Waals surface area contributed by atoms with E-state index in [4.69, 9.17) is 16.3 Å². The van der Waals surface area contributed by atoms with E-state index in [9.17, 15) is 4.79 Å². The number of esters is 1. The van der Waals surface area contributed by atoms with Gasteiger partial charge in [0, 0.05) is 11.4 Å². The van der Waals surface area contributed by atoms with E-state index in [1.807, 2.05) is 48.7 Å². The van der Waals surface area contributed by atoms with Gasteiger partial charge in [0.1, 0.15) is 5.88 Å². The molecule has 0 bridgehead atoms. The number of para-hydroxylation sites is 2. The first kappa shape index (κ1) is 12.7. The monoisotopic (exact) mass is 263 g/mol. The van der Waals surface area contributed by atoms with Gasteiger partial charge in [-0.05, 0) is 38.1 Å². The number of hydrogen-bond donors (Lipinski definition) is 0. The van der Waals surface area contributed by atoms with Crippen LogP contribution in [0.3, 0.4) is 0 Å². The lowest BCUT2D eigenvalue weighted by molar-refractivity contribution is -0.131. The highest BCUT2D eigenvalue weighted by Crippen LogP contribution is 2.26. The Bertz CT molecular complexity index is 555. The van der Waals surface area contributed by atoms with Crippen molar-refractivity contribution in [2.75, 3.05) is 5.88 Å². The maximum atomic E-state index is 11.3. The molecule has 0 aliphatic heterocycles. The third-order valence-corrected chi connectivity index (χ3v) is 2.93. The van der Waals surface area contributed by atoms with Crippen LogP contribution in [0, 0.1) is 13.8 Å². The minimum absolute atomic E-state index is 0.155. The number of aromatic nitrogens is 1. The molecule has 0 radical (unpaired) electrons. The standard InChI is InChI=1S/C14H14ClNO2/c1-10-7-8-11(2)16(10)12-5-3-4-6-13(12)18-14(17)9-15/h3-8H,9H2,1-2H3. The van der Waals surface area contributed by atoms with Crippen molar-refractivity contribution < 1.29 is 9.53 Å². The Labute approximate surface area is 111 Å². The quantitative estimate of drug-likeness (QED) is 0.484. The fourth-order valence-corrected chi connectivity index (χ4v) is 1.98. The van der Waals surface area contributed by atoms with Crippen molar-refractivity contribution in [3.63, 3.8) is 0 Å². The van der Waals surface area contributed by atoms with Gasteiger partial charge in [0.2, 0.25) is 0 Å². The van der Waals surface area contributed by atoms with Crippen LogP contribution in [0.5, 0.6) is 5.75 Å². The van der Waals surface area contributed by atoms with Crippen LogP contribution in [0.1, 0.15) is 11.4 Å². The average Bonchev–Trinajstić information content (AvgIpc) is 2.70. The number of benzene rings is 1. The molecule has 2 aromatic rings. The molecule has 0 unspecified atom stereocenters. The lowest BCUT2D eigenvalue weighted by atomic mass is 10.2. The average molecular weight is 264 g/mol. The number of hydrogen-bond acceptors (Lipinski definition) is 2. The van der Waals surface area contributed by atoms with Crippen LogP contribution in [0.4, 0.5) is 0 Å². The Morgan fingerprint density at radius 1 is 1.17 bits per heavy atom. The number of carbonyl (C=O) groups is 1. The van der Waals surface area contributed by atoms with Gasteiger partial charge in [-0.25, -0.2) is 0 Å².